The zero-order chi connectivity index (χ0) is 10.5. The Bertz CT molecular complexity index is 161. The van der Waals surface area contributed by atoms with Crippen LogP contribution in [0.2, 0.25) is 0 Å². The molecule has 0 saturated carbocycles. The molecule has 0 aromatic heterocycles. The van der Waals surface area contributed by atoms with Gasteiger partial charge in [0.15, 0.2) is 0 Å². The van der Waals surface area contributed by atoms with Crippen molar-refractivity contribution in [2.45, 2.75) is 20.8 Å². The van der Waals surface area contributed by atoms with Gasteiger partial charge in [0.2, 0.25) is 0 Å². The van der Waals surface area contributed by atoms with Crippen LogP contribution in [0.3, 0.4) is 0 Å². The highest BCUT2D eigenvalue weighted by Crippen LogP contribution is 1.92. The van der Waals surface area contributed by atoms with Gasteiger partial charge in [-0.1, -0.05) is 49.7 Å². The molecular weight excluding hydrogens is 162 g/mol. The van der Waals surface area contributed by atoms with Crippen molar-refractivity contribution in [2.24, 2.45) is 5.73 Å². The second-order valence-corrected chi connectivity index (χ2v) is 2.17. The van der Waals surface area contributed by atoms with Crippen LogP contribution in [0.5, 0.6) is 0 Å². The minimum absolute atomic E-state index is 0.0972. The van der Waals surface area contributed by atoms with Crippen LogP contribution in [0.1, 0.15) is 19.4 Å². The molecule has 13 heavy (non-hydrogen) atoms. The van der Waals surface area contributed by atoms with Gasteiger partial charge in [-0.2, -0.15) is 0 Å². The third-order valence-electron chi connectivity index (χ3n) is 1.07. The molecule has 2 heteroatoms. The molecule has 0 radical (unpaired) electrons. The Kier molecular flexibility index (Phi) is 15.5. The summed E-state index contributed by atoms with van der Waals surface area (Å²) in [6, 6.07) is 10.3. The van der Waals surface area contributed by atoms with Gasteiger partial charge in [0.1, 0.15) is 0 Å². The van der Waals surface area contributed by atoms with E-state index >= 15 is 0 Å². The van der Waals surface area contributed by atoms with E-state index in [4.69, 9.17) is 10.8 Å². The van der Waals surface area contributed by atoms with Gasteiger partial charge in [-0.05, 0) is 6.92 Å². The Hall–Kier alpha value is -0.860. The molecule has 2 nitrogen and oxygen atoms in total. The zero-order valence-electron chi connectivity index (χ0n) is 8.83. The van der Waals surface area contributed by atoms with Crippen molar-refractivity contribution in [1.82, 2.24) is 0 Å². The summed E-state index contributed by atoms with van der Waals surface area (Å²) in [5.74, 6) is 0. The van der Waals surface area contributed by atoms with Crippen LogP contribution in [0, 0.1) is 6.92 Å². The summed E-state index contributed by atoms with van der Waals surface area (Å²) in [4.78, 5) is 0. The van der Waals surface area contributed by atoms with Crippen LogP contribution >= 0.6 is 0 Å². The summed E-state index contributed by atoms with van der Waals surface area (Å²) < 4.78 is 0. The van der Waals surface area contributed by atoms with Crippen LogP contribution in [0.4, 0.5) is 0 Å². The highest BCUT2D eigenvalue weighted by molar-refractivity contribution is 5.11. The second kappa shape index (κ2) is 13.7. The highest BCUT2D eigenvalue weighted by atomic mass is 16.3. The Labute approximate surface area is 81.4 Å². The summed E-state index contributed by atoms with van der Waals surface area (Å²) in [5, 5.41) is 7.75. The van der Waals surface area contributed by atoms with E-state index in [1.165, 1.54) is 5.56 Å². The number of hydrogen-bond acceptors (Lipinski definition) is 2. The third-order valence-corrected chi connectivity index (χ3v) is 1.07. The van der Waals surface area contributed by atoms with Gasteiger partial charge in [-0.3, -0.25) is 0 Å². The third kappa shape index (κ3) is 14.0. The molecule has 0 aliphatic rings. The average Bonchev–Trinajstić information content (AvgIpc) is 2.22. The highest BCUT2D eigenvalue weighted by Gasteiger charge is 1.72. The first-order valence-electron chi connectivity index (χ1n) is 4.64. The van der Waals surface area contributed by atoms with E-state index in [1.54, 1.807) is 0 Å². The summed E-state index contributed by atoms with van der Waals surface area (Å²) in [6.07, 6.45) is 0. The van der Waals surface area contributed by atoms with Crippen molar-refractivity contribution >= 4 is 0 Å². The van der Waals surface area contributed by atoms with Gasteiger partial charge < -0.3 is 10.8 Å². The largest absolute Gasteiger partial charge is 0.395 e. The number of rotatable bonds is 1. The van der Waals surface area contributed by atoms with Crippen LogP contribution in [0.15, 0.2) is 30.3 Å². The van der Waals surface area contributed by atoms with Crippen molar-refractivity contribution in [1.29, 1.82) is 0 Å². The molecule has 0 amide bonds. The fraction of sp³-hybridized carbons (Fsp3) is 0.455. The molecule has 3 N–H and O–H groups in total. The quantitative estimate of drug-likeness (QED) is 0.699. The molecular formula is C11H21NO. The summed E-state index contributed by atoms with van der Waals surface area (Å²) in [7, 11) is 0. The van der Waals surface area contributed by atoms with Crippen LogP contribution in [-0.4, -0.2) is 18.3 Å². The van der Waals surface area contributed by atoms with E-state index < -0.39 is 0 Å². The molecule has 0 heterocycles. The van der Waals surface area contributed by atoms with Crippen molar-refractivity contribution in [2.75, 3.05) is 13.2 Å². The lowest BCUT2D eigenvalue weighted by Crippen LogP contribution is -2.02. The standard InChI is InChI=1S/C7H8.C2H7NO.C2H6/c1-7-5-3-2-4-6-7;3-1-2-4;1-2/h2-6H,1H3;4H,1-3H2;1-2H3. The van der Waals surface area contributed by atoms with E-state index in [9.17, 15) is 0 Å². The van der Waals surface area contributed by atoms with E-state index in [-0.39, 0.29) is 6.61 Å². The van der Waals surface area contributed by atoms with Gasteiger partial charge in [0.25, 0.3) is 0 Å². The fourth-order valence-electron chi connectivity index (χ4n) is 0.534. The predicted octanol–water partition coefficient (Wildman–Crippen LogP) is 1.96. The lowest BCUT2D eigenvalue weighted by molar-refractivity contribution is 0.306. The Morgan fingerprint density at radius 1 is 1.15 bits per heavy atom. The lowest BCUT2D eigenvalue weighted by atomic mass is 10.2. The molecule has 0 unspecified atom stereocenters. The number of aliphatic hydroxyl groups excluding tert-OH is 1. The van der Waals surface area contributed by atoms with Gasteiger partial charge in [0, 0.05) is 6.54 Å². The van der Waals surface area contributed by atoms with Gasteiger partial charge in [0.05, 0.1) is 6.61 Å². The predicted molar refractivity (Wildman–Crippen MR) is 58.7 cm³/mol. The minimum atomic E-state index is 0.0972. The van der Waals surface area contributed by atoms with Crippen molar-refractivity contribution in [3.8, 4) is 0 Å². The molecule has 0 aliphatic heterocycles. The number of aryl methyl sites for hydroxylation is 1. The number of benzene rings is 1. The molecule has 0 fully saturated rings. The fourth-order valence-corrected chi connectivity index (χ4v) is 0.534. The Morgan fingerprint density at radius 2 is 1.54 bits per heavy atom. The van der Waals surface area contributed by atoms with Crippen molar-refractivity contribution in [3.63, 3.8) is 0 Å². The zero-order valence-corrected chi connectivity index (χ0v) is 8.83. The molecule has 0 aliphatic carbocycles. The van der Waals surface area contributed by atoms with Crippen molar-refractivity contribution in [3.05, 3.63) is 35.9 Å². The molecule has 1 aromatic carbocycles. The SMILES string of the molecule is CC.Cc1ccccc1.NCCO. The first-order valence-corrected chi connectivity index (χ1v) is 4.64. The average molecular weight is 183 g/mol. The summed E-state index contributed by atoms with van der Waals surface area (Å²) in [5.41, 5.74) is 6.10. The molecule has 1 aromatic rings. The number of aliphatic hydroxyl groups is 1. The number of hydrogen-bond donors (Lipinski definition) is 2. The monoisotopic (exact) mass is 183 g/mol. The van der Waals surface area contributed by atoms with E-state index in [0.29, 0.717) is 6.54 Å². The summed E-state index contributed by atoms with van der Waals surface area (Å²) >= 11 is 0. The van der Waals surface area contributed by atoms with E-state index in [2.05, 4.69) is 19.1 Å². The van der Waals surface area contributed by atoms with Gasteiger partial charge >= 0.3 is 0 Å². The van der Waals surface area contributed by atoms with Gasteiger partial charge in [-0.25, -0.2) is 0 Å². The summed E-state index contributed by atoms with van der Waals surface area (Å²) in [6.45, 7) is 6.56. The smallest absolute Gasteiger partial charge is 0.0553 e. The molecule has 0 spiro atoms. The van der Waals surface area contributed by atoms with Crippen LogP contribution in [-0.2, 0) is 0 Å². The van der Waals surface area contributed by atoms with Crippen LogP contribution in [0.25, 0.3) is 0 Å². The first kappa shape index (κ1) is 14.7. The second-order valence-electron chi connectivity index (χ2n) is 2.17. The maximum atomic E-state index is 7.75. The number of nitrogens with two attached hydrogens (primary N) is 1. The molecule has 0 saturated heterocycles. The topological polar surface area (TPSA) is 46.2 Å². The Balaban J connectivity index is 0. The Morgan fingerprint density at radius 3 is 1.69 bits per heavy atom. The molecule has 0 atom stereocenters. The molecule has 0 bridgehead atoms. The maximum absolute atomic E-state index is 7.75. The first-order chi connectivity index (χ1) is 6.31. The molecule has 1 rings (SSSR count). The van der Waals surface area contributed by atoms with Gasteiger partial charge in [-0.15, -0.1) is 0 Å². The van der Waals surface area contributed by atoms with Crippen molar-refractivity contribution < 1.29 is 5.11 Å². The lowest BCUT2D eigenvalue weighted by Gasteiger charge is -1.82. The van der Waals surface area contributed by atoms with E-state index in [1.807, 2.05) is 32.0 Å². The minimum Gasteiger partial charge on any atom is -0.395 e. The van der Waals surface area contributed by atoms with E-state index in [0.717, 1.165) is 0 Å². The maximum Gasteiger partial charge on any atom is 0.0553 e. The van der Waals surface area contributed by atoms with Crippen LogP contribution < -0.4 is 5.73 Å². The normalized spacial score (nSPS) is 7.46. The molecule has 76 valence electrons.